The summed E-state index contributed by atoms with van der Waals surface area (Å²) in [7, 11) is 0. The fourth-order valence-corrected chi connectivity index (χ4v) is 3.63. The molecule has 0 heterocycles. The quantitative estimate of drug-likeness (QED) is 0.235. The molecule has 7 nitrogen and oxygen atoms in total. The van der Waals surface area contributed by atoms with Crippen LogP contribution in [-0.4, -0.2) is 47.7 Å². The monoisotopic (exact) mass is 495 g/mol. The molecule has 7 heteroatoms. The SMILES string of the molecule is CC(C)Oc1ccc(COCCOc2ccc(CCNC[C@H](O)c3ccc(O)c(CO)c3)cc2)cc1. The van der Waals surface area contributed by atoms with E-state index >= 15 is 0 Å². The lowest BCUT2D eigenvalue weighted by Gasteiger charge is -2.14. The molecule has 3 aromatic rings. The summed E-state index contributed by atoms with van der Waals surface area (Å²) in [4.78, 5) is 0. The fraction of sp³-hybridized carbons (Fsp3) is 0.379. The molecule has 0 aliphatic carbocycles. The van der Waals surface area contributed by atoms with Gasteiger partial charge in [-0.3, -0.25) is 0 Å². The van der Waals surface area contributed by atoms with Crippen LogP contribution in [0.5, 0.6) is 17.2 Å². The maximum absolute atomic E-state index is 10.3. The Morgan fingerprint density at radius 1 is 0.861 bits per heavy atom. The van der Waals surface area contributed by atoms with Crippen molar-refractivity contribution in [1.29, 1.82) is 0 Å². The molecule has 0 bridgehead atoms. The maximum atomic E-state index is 10.3. The molecule has 36 heavy (non-hydrogen) atoms. The average molecular weight is 496 g/mol. The zero-order chi connectivity index (χ0) is 25.8. The van der Waals surface area contributed by atoms with Gasteiger partial charge in [-0.2, -0.15) is 0 Å². The summed E-state index contributed by atoms with van der Waals surface area (Å²) in [5.74, 6) is 1.69. The zero-order valence-corrected chi connectivity index (χ0v) is 21.0. The Morgan fingerprint density at radius 3 is 2.25 bits per heavy atom. The van der Waals surface area contributed by atoms with E-state index < -0.39 is 6.10 Å². The normalized spacial score (nSPS) is 12.0. The topological polar surface area (TPSA) is 100 Å². The summed E-state index contributed by atoms with van der Waals surface area (Å²) in [6.45, 7) is 6.34. The minimum atomic E-state index is -0.716. The van der Waals surface area contributed by atoms with Gasteiger partial charge in [0.25, 0.3) is 0 Å². The van der Waals surface area contributed by atoms with Crippen molar-refractivity contribution in [3.63, 3.8) is 0 Å². The number of rotatable bonds is 15. The van der Waals surface area contributed by atoms with Crippen LogP contribution in [0.3, 0.4) is 0 Å². The second-order valence-corrected chi connectivity index (χ2v) is 8.87. The molecule has 0 unspecified atom stereocenters. The Hall–Kier alpha value is -3.10. The number of hydrogen-bond donors (Lipinski definition) is 4. The van der Waals surface area contributed by atoms with Gasteiger partial charge in [-0.25, -0.2) is 0 Å². The maximum Gasteiger partial charge on any atom is 0.121 e. The molecular formula is C29H37NO6. The highest BCUT2D eigenvalue weighted by Gasteiger charge is 2.10. The van der Waals surface area contributed by atoms with Gasteiger partial charge in [-0.1, -0.05) is 30.3 Å². The first-order valence-corrected chi connectivity index (χ1v) is 12.3. The van der Waals surface area contributed by atoms with E-state index in [0.29, 0.717) is 44.0 Å². The van der Waals surface area contributed by atoms with Crippen LogP contribution < -0.4 is 14.8 Å². The molecule has 0 saturated carbocycles. The van der Waals surface area contributed by atoms with E-state index in [1.165, 1.54) is 6.07 Å². The number of aliphatic hydroxyl groups excluding tert-OH is 2. The number of aliphatic hydroxyl groups is 2. The van der Waals surface area contributed by atoms with E-state index in [9.17, 15) is 15.3 Å². The Labute approximate surface area is 213 Å². The largest absolute Gasteiger partial charge is 0.508 e. The van der Waals surface area contributed by atoms with Gasteiger partial charge < -0.3 is 34.8 Å². The molecule has 0 saturated heterocycles. The predicted molar refractivity (Wildman–Crippen MR) is 139 cm³/mol. The van der Waals surface area contributed by atoms with Crippen LogP contribution in [0.2, 0.25) is 0 Å². The van der Waals surface area contributed by atoms with Crippen molar-refractivity contribution in [2.75, 3.05) is 26.3 Å². The van der Waals surface area contributed by atoms with Crippen molar-refractivity contribution in [3.8, 4) is 17.2 Å². The lowest BCUT2D eigenvalue weighted by molar-refractivity contribution is 0.0889. The number of nitrogens with one attached hydrogen (secondary N) is 1. The van der Waals surface area contributed by atoms with Crippen LogP contribution in [0, 0.1) is 0 Å². The van der Waals surface area contributed by atoms with Gasteiger partial charge in [-0.15, -0.1) is 0 Å². The van der Waals surface area contributed by atoms with E-state index in [2.05, 4.69) is 5.32 Å². The average Bonchev–Trinajstić information content (AvgIpc) is 2.88. The summed E-state index contributed by atoms with van der Waals surface area (Å²) in [5, 5.41) is 32.5. The molecule has 0 aliphatic rings. The second-order valence-electron chi connectivity index (χ2n) is 8.87. The molecule has 194 valence electrons. The van der Waals surface area contributed by atoms with E-state index in [0.717, 1.165) is 29.0 Å². The lowest BCUT2D eigenvalue weighted by atomic mass is 10.1. The van der Waals surface area contributed by atoms with Gasteiger partial charge in [-0.05, 0) is 79.9 Å². The molecule has 0 aromatic heterocycles. The first-order valence-electron chi connectivity index (χ1n) is 12.3. The molecule has 0 spiro atoms. The molecule has 0 amide bonds. The van der Waals surface area contributed by atoms with Gasteiger partial charge in [0.05, 0.1) is 32.0 Å². The van der Waals surface area contributed by atoms with E-state index in [1.54, 1.807) is 12.1 Å². The van der Waals surface area contributed by atoms with Crippen molar-refractivity contribution >= 4 is 0 Å². The predicted octanol–water partition coefficient (Wildman–Crippen LogP) is 4.13. The second kappa shape index (κ2) is 14.5. The molecule has 1 atom stereocenters. The molecule has 4 N–H and O–H groups in total. The summed E-state index contributed by atoms with van der Waals surface area (Å²) in [6.07, 6.45) is 0.259. The van der Waals surface area contributed by atoms with Crippen molar-refractivity contribution in [3.05, 3.63) is 89.0 Å². The van der Waals surface area contributed by atoms with E-state index in [4.69, 9.17) is 14.2 Å². The molecule has 0 fully saturated rings. The van der Waals surface area contributed by atoms with Gasteiger partial charge in [0.1, 0.15) is 23.9 Å². The van der Waals surface area contributed by atoms with Crippen LogP contribution in [0.4, 0.5) is 0 Å². The highest BCUT2D eigenvalue weighted by atomic mass is 16.5. The highest BCUT2D eigenvalue weighted by molar-refractivity contribution is 5.36. The number of ether oxygens (including phenoxy) is 3. The third-order valence-corrected chi connectivity index (χ3v) is 5.57. The van der Waals surface area contributed by atoms with Crippen LogP contribution in [0.1, 0.15) is 42.2 Å². The smallest absolute Gasteiger partial charge is 0.121 e. The van der Waals surface area contributed by atoms with Crippen molar-refractivity contribution in [2.45, 2.75) is 45.7 Å². The van der Waals surface area contributed by atoms with E-state index in [1.807, 2.05) is 62.4 Å². The first-order chi connectivity index (χ1) is 17.4. The Morgan fingerprint density at radius 2 is 1.56 bits per heavy atom. The van der Waals surface area contributed by atoms with Gasteiger partial charge in [0, 0.05) is 12.1 Å². The summed E-state index contributed by atoms with van der Waals surface area (Å²) >= 11 is 0. The van der Waals surface area contributed by atoms with Gasteiger partial charge >= 0.3 is 0 Å². The number of benzene rings is 3. The summed E-state index contributed by atoms with van der Waals surface area (Å²) in [6, 6.07) is 20.6. The van der Waals surface area contributed by atoms with Crippen molar-refractivity contribution in [2.24, 2.45) is 0 Å². The summed E-state index contributed by atoms with van der Waals surface area (Å²) in [5.41, 5.74) is 3.32. The van der Waals surface area contributed by atoms with E-state index in [-0.39, 0.29) is 18.5 Å². The van der Waals surface area contributed by atoms with Crippen molar-refractivity contribution in [1.82, 2.24) is 5.32 Å². The zero-order valence-electron chi connectivity index (χ0n) is 21.0. The van der Waals surface area contributed by atoms with Crippen LogP contribution >= 0.6 is 0 Å². The standard InChI is InChI=1S/C29H37NO6/c1-21(2)36-27-10-5-23(6-11-27)20-34-15-16-35-26-8-3-22(4-9-26)13-14-30-18-29(33)24-7-12-28(32)25(17-24)19-31/h3-12,17,21,29-33H,13-16,18-20H2,1-2H3/t29-/m0/s1. The minimum Gasteiger partial charge on any atom is -0.508 e. The Bertz CT molecular complexity index is 1040. The highest BCUT2D eigenvalue weighted by Crippen LogP contribution is 2.22. The number of phenols is 1. The van der Waals surface area contributed by atoms with Crippen LogP contribution in [-0.2, 0) is 24.4 Å². The van der Waals surface area contributed by atoms with Gasteiger partial charge in [0.2, 0.25) is 0 Å². The third-order valence-electron chi connectivity index (χ3n) is 5.57. The molecule has 3 aromatic carbocycles. The molecular weight excluding hydrogens is 458 g/mol. The first kappa shape index (κ1) is 27.5. The molecule has 0 aliphatic heterocycles. The fourth-order valence-electron chi connectivity index (χ4n) is 3.63. The minimum absolute atomic E-state index is 0.0278. The summed E-state index contributed by atoms with van der Waals surface area (Å²) < 4.78 is 17.1. The van der Waals surface area contributed by atoms with Crippen LogP contribution in [0.25, 0.3) is 0 Å². The van der Waals surface area contributed by atoms with Gasteiger partial charge in [0.15, 0.2) is 0 Å². The third kappa shape index (κ3) is 9.17. The molecule has 0 radical (unpaired) electrons. The Kier molecular flexibility index (Phi) is 11.0. The van der Waals surface area contributed by atoms with Crippen molar-refractivity contribution < 1.29 is 29.5 Å². The Balaban J connectivity index is 1.29. The number of hydrogen-bond acceptors (Lipinski definition) is 7. The number of aromatic hydroxyl groups is 1. The lowest BCUT2D eigenvalue weighted by Crippen LogP contribution is -2.23. The molecule has 3 rings (SSSR count). The van der Waals surface area contributed by atoms with Crippen LogP contribution in [0.15, 0.2) is 66.7 Å².